The highest BCUT2D eigenvalue weighted by molar-refractivity contribution is 5.73. The van der Waals surface area contributed by atoms with Crippen molar-refractivity contribution in [1.82, 2.24) is 25.1 Å². The molecule has 2 aromatic rings. The maximum absolute atomic E-state index is 11.5. The topological polar surface area (TPSA) is 74.8 Å². The molecule has 2 aromatic heterocycles. The zero-order valence-corrected chi connectivity index (χ0v) is 12.1. The standard InChI is InChI=1S/C15H19N5O/c1-11(21)20-6-2-3-12(10-20)7-13-8-16-9-15(18-13)14-4-5-17-19-14/h4-5,8-9,12H,2-3,6-7,10H2,1H3,(H,17,19). The Balaban J connectivity index is 1.70. The summed E-state index contributed by atoms with van der Waals surface area (Å²) in [4.78, 5) is 22.3. The van der Waals surface area contributed by atoms with Crippen molar-refractivity contribution < 1.29 is 4.79 Å². The summed E-state index contributed by atoms with van der Waals surface area (Å²) in [5.74, 6) is 0.631. The van der Waals surface area contributed by atoms with Gasteiger partial charge in [-0.25, -0.2) is 4.98 Å². The Bertz CT molecular complexity index is 610. The molecular formula is C15H19N5O. The molecule has 3 heterocycles. The van der Waals surface area contributed by atoms with E-state index in [0.717, 1.165) is 49.4 Å². The zero-order chi connectivity index (χ0) is 14.7. The molecule has 0 aromatic carbocycles. The van der Waals surface area contributed by atoms with Crippen LogP contribution in [0.15, 0.2) is 24.7 Å². The van der Waals surface area contributed by atoms with E-state index in [2.05, 4.69) is 20.2 Å². The lowest BCUT2D eigenvalue weighted by Crippen LogP contribution is -2.39. The molecule has 6 nitrogen and oxygen atoms in total. The van der Waals surface area contributed by atoms with Gasteiger partial charge in [-0.15, -0.1) is 0 Å². The Morgan fingerprint density at radius 1 is 1.48 bits per heavy atom. The third-order valence-corrected chi connectivity index (χ3v) is 3.92. The monoisotopic (exact) mass is 285 g/mol. The molecule has 1 atom stereocenters. The van der Waals surface area contributed by atoms with E-state index < -0.39 is 0 Å². The van der Waals surface area contributed by atoms with Crippen LogP contribution in [0.3, 0.4) is 0 Å². The van der Waals surface area contributed by atoms with Gasteiger partial charge >= 0.3 is 0 Å². The second kappa shape index (κ2) is 6.03. The molecule has 1 aliphatic rings. The van der Waals surface area contributed by atoms with Gasteiger partial charge < -0.3 is 4.90 Å². The number of H-pyrrole nitrogens is 1. The lowest BCUT2D eigenvalue weighted by atomic mass is 9.93. The number of amides is 1. The summed E-state index contributed by atoms with van der Waals surface area (Å²) < 4.78 is 0. The molecule has 0 spiro atoms. The quantitative estimate of drug-likeness (QED) is 0.930. The molecule has 1 amide bonds. The Kier molecular flexibility index (Phi) is 3.94. The number of likely N-dealkylation sites (tertiary alicyclic amines) is 1. The van der Waals surface area contributed by atoms with Crippen molar-refractivity contribution in [3.05, 3.63) is 30.4 Å². The first-order valence-corrected chi connectivity index (χ1v) is 7.28. The van der Waals surface area contributed by atoms with Crippen molar-refractivity contribution in [1.29, 1.82) is 0 Å². The van der Waals surface area contributed by atoms with Crippen LogP contribution < -0.4 is 0 Å². The molecule has 1 N–H and O–H groups in total. The molecule has 3 rings (SSSR count). The molecule has 21 heavy (non-hydrogen) atoms. The summed E-state index contributed by atoms with van der Waals surface area (Å²) in [6.45, 7) is 3.35. The Hall–Kier alpha value is -2.24. The highest BCUT2D eigenvalue weighted by Crippen LogP contribution is 2.21. The van der Waals surface area contributed by atoms with E-state index in [4.69, 9.17) is 0 Å². The molecule has 1 saturated heterocycles. The van der Waals surface area contributed by atoms with E-state index in [1.165, 1.54) is 0 Å². The molecular weight excluding hydrogens is 266 g/mol. The summed E-state index contributed by atoms with van der Waals surface area (Å²) in [5, 5.41) is 6.84. The molecule has 110 valence electrons. The van der Waals surface area contributed by atoms with Crippen molar-refractivity contribution in [2.75, 3.05) is 13.1 Å². The number of piperidine rings is 1. The third-order valence-electron chi connectivity index (χ3n) is 3.92. The zero-order valence-electron chi connectivity index (χ0n) is 12.1. The van der Waals surface area contributed by atoms with Gasteiger partial charge in [0.05, 0.1) is 17.6 Å². The van der Waals surface area contributed by atoms with Crippen LogP contribution in [0.25, 0.3) is 11.4 Å². The maximum Gasteiger partial charge on any atom is 0.219 e. The van der Waals surface area contributed by atoms with Gasteiger partial charge in [-0.05, 0) is 31.2 Å². The van der Waals surface area contributed by atoms with E-state index in [9.17, 15) is 4.79 Å². The Morgan fingerprint density at radius 3 is 3.14 bits per heavy atom. The Labute approximate surface area is 123 Å². The van der Waals surface area contributed by atoms with Crippen LogP contribution in [0, 0.1) is 5.92 Å². The fourth-order valence-corrected chi connectivity index (χ4v) is 2.85. The number of hydrogen-bond donors (Lipinski definition) is 1. The SMILES string of the molecule is CC(=O)N1CCCC(Cc2cncc(-c3ccn[nH]3)n2)C1. The highest BCUT2D eigenvalue weighted by atomic mass is 16.2. The average Bonchev–Trinajstić information content (AvgIpc) is 3.02. The van der Waals surface area contributed by atoms with Crippen LogP contribution in [0.5, 0.6) is 0 Å². The summed E-state index contributed by atoms with van der Waals surface area (Å²) in [6.07, 6.45) is 8.32. The first-order chi connectivity index (χ1) is 10.2. The molecule has 0 radical (unpaired) electrons. The number of rotatable bonds is 3. The van der Waals surface area contributed by atoms with E-state index in [1.54, 1.807) is 19.3 Å². The van der Waals surface area contributed by atoms with Gasteiger partial charge in [0.2, 0.25) is 5.91 Å². The number of carbonyl (C=O) groups is 1. The van der Waals surface area contributed by atoms with Crippen molar-refractivity contribution in [3.8, 4) is 11.4 Å². The lowest BCUT2D eigenvalue weighted by molar-refractivity contribution is -0.130. The molecule has 0 saturated carbocycles. The molecule has 6 heteroatoms. The minimum absolute atomic E-state index is 0.164. The molecule has 0 bridgehead atoms. The summed E-state index contributed by atoms with van der Waals surface area (Å²) in [5.41, 5.74) is 2.65. The number of aromatic amines is 1. The normalized spacial score (nSPS) is 18.7. The van der Waals surface area contributed by atoms with Crippen LogP contribution >= 0.6 is 0 Å². The van der Waals surface area contributed by atoms with Crippen LogP contribution in [-0.4, -0.2) is 44.1 Å². The van der Waals surface area contributed by atoms with E-state index >= 15 is 0 Å². The summed E-state index contributed by atoms with van der Waals surface area (Å²) in [6, 6.07) is 1.88. The number of nitrogens with one attached hydrogen (secondary N) is 1. The first kappa shape index (κ1) is 13.7. The molecule has 1 unspecified atom stereocenters. The summed E-state index contributed by atoms with van der Waals surface area (Å²) >= 11 is 0. The molecule has 1 aliphatic heterocycles. The Morgan fingerprint density at radius 2 is 2.38 bits per heavy atom. The smallest absolute Gasteiger partial charge is 0.219 e. The minimum Gasteiger partial charge on any atom is -0.343 e. The van der Waals surface area contributed by atoms with Gasteiger partial charge in [-0.1, -0.05) is 0 Å². The fourth-order valence-electron chi connectivity index (χ4n) is 2.85. The summed E-state index contributed by atoms with van der Waals surface area (Å²) in [7, 11) is 0. The number of nitrogens with zero attached hydrogens (tertiary/aromatic N) is 4. The number of aromatic nitrogens is 4. The van der Waals surface area contributed by atoms with Crippen LogP contribution in [0.4, 0.5) is 0 Å². The number of hydrogen-bond acceptors (Lipinski definition) is 4. The predicted octanol–water partition coefficient (Wildman–Crippen LogP) is 1.67. The van der Waals surface area contributed by atoms with Crippen LogP contribution in [0.2, 0.25) is 0 Å². The third kappa shape index (κ3) is 3.26. The van der Waals surface area contributed by atoms with Gasteiger partial charge in [-0.2, -0.15) is 5.10 Å². The van der Waals surface area contributed by atoms with E-state index in [-0.39, 0.29) is 5.91 Å². The highest BCUT2D eigenvalue weighted by Gasteiger charge is 2.22. The fraction of sp³-hybridized carbons (Fsp3) is 0.467. The van der Waals surface area contributed by atoms with Gasteiger partial charge in [0, 0.05) is 32.4 Å². The molecule has 0 aliphatic carbocycles. The number of carbonyl (C=O) groups excluding carboxylic acids is 1. The van der Waals surface area contributed by atoms with Gasteiger partial charge in [0.25, 0.3) is 0 Å². The van der Waals surface area contributed by atoms with E-state index in [0.29, 0.717) is 5.92 Å². The van der Waals surface area contributed by atoms with Crippen molar-refractivity contribution in [2.24, 2.45) is 5.92 Å². The van der Waals surface area contributed by atoms with Crippen molar-refractivity contribution >= 4 is 5.91 Å². The van der Waals surface area contributed by atoms with E-state index in [1.807, 2.05) is 17.2 Å². The van der Waals surface area contributed by atoms with Crippen molar-refractivity contribution in [2.45, 2.75) is 26.2 Å². The predicted molar refractivity (Wildman–Crippen MR) is 78.3 cm³/mol. The lowest BCUT2D eigenvalue weighted by Gasteiger charge is -2.31. The maximum atomic E-state index is 11.5. The average molecular weight is 285 g/mol. The van der Waals surface area contributed by atoms with Crippen LogP contribution in [-0.2, 0) is 11.2 Å². The van der Waals surface area contributed by atoms with Gasteiger partial charge in [0.1, 0.15) is 5.69 Å². The van der Waals surface area contributed by atoms with Gasteiger partial charge in [0.15, 0.2) is 0 Å². The first-order valence-electron chi connectivity index (χ1n) is 7.28. The molecule has 1 fully saturated rings. The minimum atomic E-state index is 0.164. The largest absolute Gasteiger partial charge is 0.343 e. The second-order valence-corrected chi connectivity index (χ2v) is 5.54. The second-order valence-electron chi connectivity index (χ2n) is 5.54. The van der Waals surface area contributed by atoms with Gasteiger partial charge in [-0.3, -0.25) is 14.9 Å². The van der Waals surface area contributed by atoms with Crippen molar-refractivity contribution in [3.63, 3.8) is 0 Å². The van der Waals surface area contributed by atoms with Crippen LogP contribution in [0.1, 0.15) is 25.5 Å².